The molecule has 0 saturated carbocycles. The van der Waals surface area contributed by atoms with Crippen LogP contribution in [0.2, 0.25) is 0 Å². The third-order valence-corrected chi connectivity index (χ3v) is 6.19. The molecule has 0 aromatic heterocycles. The Labute approximate surface area is 171 Å². The molecule has 0 bridgehead atoms. The number of rotatable bonds is 9. The Morgan fingerprint density at radius 3 is 2.50 bits per heavy atom. The number of hydrogen-bond donors (Lipinski definition) is 2. The first-order valence-electron chi connectivity index (χ1n) is 10.8. The average Bonchev–Trinajstić information content (AvgIpc) is 2.70. The van der Waals surface area contributed by atoms with Crippen LogP contribution in [0.4, 0.5) is 0 Å². The van der Waals surface area contributed by atoms with Crippen LogP contribution in [0.15, 0.2) is 42.0 Å². The zero-order chi connectivity index (χ0) is 20.6. The van der Waals surface area contributed by atoms with Crippen molar-refractivity contribution in [2.24, 2.45) is 5.92 Å². The smallest absolute Gasteiger partial charge is 0.234 e. The fourth-order valence-corrected chi connectivity index (χ4v) is 4.17. The second-order valence-electron chi connectivity index (χ2n) is 8.42. The molecule has 156 valence electrons. The third-order valence-electron chi connectivity index (χ3n) is 6.19. The number of amides is 1. The largest absolute Gasteiger partial charge is 0.385 e. The van der Waals surface area contributed by atoms with E-state index in [1.807, 2.05) is 30.3 Å². The van der Waals surface area contributed by atoms with Gasteiger partial charge in [0, 0.05) is 19.1 Å². The van der Waals surface area contributed by atoms with Crippen LogP contribution in [0, 0.1) is 5.92 Å². The summed E-state index contributed by atoms with van der Waals surface area (Å²) >= 11 is 0. The Morgan fingerprint density at radius 2 is 1.93 bits per heavy atom. The van der Waals surface area contributed by atoms with E-state index in [1.54, 1.807) is 0 Å². The summed E-state index contributed by atoms with van der Waals surface area (Å²) in [4.78, 5) is 14.7. The Kier molecular flexibility index (Phi) is 8.71. The van der Waals surface area contributed by atoms with Crippen LogP contribution in [0.5, 0.6) is 0 Å². The maximum atomic E-state index is 12.6. The molecule has 1 aliphatic rings. The van der Waals surface area contributed by atoms with E-state index in [4.69, 9.17) is 0 Å². The number of nitrogens with one attached hydrogen (secondary N) is 1. The van der Waals surface area contributed by atoms with Crippen molar-refractivity contribution >= 4 is 5.91 Å². The fraction of sp³-hybridized carbons (Fsp3) is 0.625. The zero-order valence-electron chi connectivity index (χ0n) is 18.1. The highest BCUT2D eigenvalue weighted by Crippen LogP contribution is 2.32. The standard InChI is InChI=1S/C24H38N2O2/c1-5-10-21(17-19(3)6-2)20(4)25-23(27)18-26-15-13-24(28,14-16-26)22-11-8-7-9-12-22/h6-9,11-12,20-21,28H,5,10,13-18H2,1-4H3,(H,25,27). The number of benzene rings is 1. The number of carbonyl (C=O) groups is 1. The lowest BCUT2D eigenvalue weighted by atomic mass is 9.84. The van der Waals surface area contributed by atoms with E-state index in [0.29, 0.717) is 25.3 Å². The highest BCUT2D eigenvalue weighted by molar-refractivity contribution is 5.78. The first kappa shape index (κ1) is 22.6. The van der Waals surface area contributed by atoms with Crippen molar-refractivity contribution in [3.8, 4) is 0 Å². The maximum absolute atomic E-state index is 12.6. The summed E-state index contributed by atoms with van der Waals surface area (Å²) in [7, 11) is 0. The predicted molar refractivity (Wildman–Crippen MR) is 116 cm³/mol. The molecule has 1 heterocycles. The van der Waals surface area contributed by atoms with Crippen molar-refractivity contribution < 1.29 is 9.90 Å². The van der Waals surface area contributed by atoms with Crippen LogP contribution >= 0.6 is 0 Å². The first-order valence-corrected chi connectivity index (χ1v) is 10.8. The van der Waals surface area contributed by atoms with Gasteiger partial charge in [-0.25, -0.2) is 0 Å². The molecule has 4 nitrogen and oxygen atoms in total. The van der Waals surface area contributed by atoms with E-state index < -0.39 is 5.60 Å². The van der Waals surface area contributed by atoms with Crippen LogP contribution in [0.25, 0.3) is 0 Å². The van der Waals surface area contributed by atoms with Gasteiger partial charge in [0.25, 0.3) is 0 Å². The van der Waals surface area contributed by atoms with Crippen molar-refractivity contribution in [3.63, 3.8) is 0 Å². The zero-order valence-corrected chi connectivity index (χ0v) is 18.1. The molecular formula is C24H38N2O2. The molecule has 4 heteroatoms. The van der Waals surface area contributed by atoms with Crippen LogP contribution in [0.1, 0.15) is 65.4 Å². The number of likely N-dealkylation sites (tertiary alicyclic amines) is 1. The van der Waals surface area contributed by atoms with Crippen molar-refractivity contribution in [2.75, 3.05) is 19.6 Å². The molecule has 1 saturated heterocycles. The van der Waals surface area contributed by atoms with E-state index >= 15 is 0 Å². The molecule has 0 spiro atoms. The second kappa shape index (κ2) is 10.8. The number of piperidine rings is 1. The van der Waals surface area contributed by atoms with Crippen molar-refractivity contribution in [1.82, 2.24) is 10.2 Å². The van der Waals surface area contributed by atoms with Gasteiger partial charge >= 0.3 is 0 Å². The summed E-state index contributed by atoms with van der Waals surface area (Å²) in [6, 6.07) is 10.1. The average molecular weight is 387 g/mol. The highest BCUT2D eigenvalue weighted by atomic mass is 16.3. The monoisotopic (exact) mass is 386 g/mol. The van der Waals surface area contributed by atoms with Gasteiger partial charge in [-0.1, -0.05) is 55.3 Å². The minimum Gasteiger partial charge on any atom is -0.385 e. The molecule has 0 aliphatic carbocycles. The van der Waals surface area contributed by atoms with Crippen molar-refractivity contribution in [1.29, 1.82) is 0 Å². The number of aliphatic hydroxyl groups is 1. The van der Waals surface area contributed by atoms with Crippen LogP contribution in [-0.2, 0) is 10.4 Å². The normalized spacial score (nSPS) is 19.8. The Morgan fingerprint density at radius 1 is 1.29 bits per heavy atom. The summed E-state index contributed by atoms with van der Waals surface area (Å²) in [5.74, 6) is 0.576. The maximum Gasteiger partial charge on any atom is 0.234 e. The Balaban J connectivity index is 1.83. The lowest BCUT2D eigenvalue weighted by molar-refractivity contribution is -0.124. The molecule has 2 atom stereocenters. The van der Waals surface area contributed by atoms with Gasteiger partial charge in [-0.2, -0.15) is 0 Å². The van der Waals surface area contributed by atoms with Gasteiger partial charge in [0.15, 0.2) is 0 Å². The molecule has 2 unspecified atom stereocenters. The van der Waals surface area contributed by atoms with Crippen LogP contribution in [-0.4, -0.2) is 41.6 Å². The van der Waals surface area contributed by atoms with E-state index in [2.05, 4.69) is 44.0 Å². The molecule has 1 aromatic carbocycles. The number of carbonyl (C=O) groups excluding carboxylic acids is 1. The molecule has 1 fully saturated rings. The minimum absolute atomic E-state index is 0.0943. The van der Waals surface area contributed by atoms with Gasteiger partial charge in [-0.05, 0) is 57.9 Å². The van der Waals surface area contributed by atoms with Gasteiger partial charge in [-0.3, -0.25) is 9.69 Å². The summed E-state index contributed by atoms with van der Waals surface area (Å²) in [6.07, 6.45) is 6.79. The van der Waals surface area contributed by atoms with Gasteiger partial charge in [0.2, 0.25) is 5.91 Å². The fourth-order valence-electron chi connectivity index (χ4n) is 4.17. The number of allylic oxidation sites excluding steroid dienone is 2. The number of hydrogen-bond acceptors (Lipinski definition) is 3. The van der Waals surface area contributed by atoms with E-state index in [-0.39, 0.29) is 11.9 Å². The van der Waals surface area contributed by atoms with Crippen LogP contribution in [0.3, 0.4) is 0 Å². The molecule has 0 radical (unpaired) electrons. The summed E-state index contributed by atoms with van der Waals surface area (Å²) in [5.41, 5.74) is 1.60. The SMILES string of the molecule is CC=C(C)CC(CCC)C(C)NC(=O)CN1CCC(O)(c2ccccc2)CC1. The molecule has 1 aromatic rings. The highest BCUT2D eigenvalue weighted by Gasteiger charge is 2.34. The molecule has 1 amide bonds. The predicted octanol–water partition coefficient (Wildman–Crippen LogP) is 4.25. The molecule has 2 N–H and O–H groups in total. The first-order chi connectivity index (χ1) is 13.4. The topological polar surface area (TPSA) is 52.6 Å². The lowest BCUT2D eigenvalue weighted by Crippen LogP contribution is -2.48. The van der Waals surface area contributed by atoms with E-state index in [0.717, 1.165) is 37.9 Å². The Bertz CT molecular complexity index is 633. The Hall–Kier alpha value is -1.65. The van der Waals surface area contributed by atoms with Gasteiger partial charge in [-0.15, -0.1) is 0 Å². The molecule has 1 aliphatic heterocycles. The molecule has 28 heavy (non-hydrogen) atoms. The third kappa shape index (κ3) is 6.46. The summed E-state index contributed by atoms with van der Waals surface area (Å²) < 4.78 is 0. The van der Waals surface area contributed by atoms with Crippen LogP contribution < -0.4 is 5.32 Å². The van der Waals surface area contributed by atoms with Gasteiger partial charge < -0.3 is 10.4 Å². The quantitative estimate of drug-likeness (QED) is 0.624. The van der Waals surface area contributed by atoms with E-state index in [9.17, 15) is 9.90 Å². The van der Waals surface area contributed by atoms with E-state index in [1.165, 1.54) is 5.57 Å². The minimum atomic E-state index is -0.766. The molecule has 2 rings (SSSR count). The lowest BCUT2D eigenvalue weighted by Gasteiger charge is -2.38. The van der Waals surface area contributed by atoms with Crippen molar-refractivity contribution in [2.45, 2.75) is 71.4 Å². The number of nitrogens with zero attached hydrogens (tertiary/aromatic N) is 1. The van der Waals surface area contributed by atoms with Gasteiger partial charge in [0.1, 0.15) is 0 Å². The van der Waals surface area contributed by atoms with Crippen molar-refractivity contribution in [3.05, 3.63) is 47.5 Å². The van der Waals surface area contributed by atoms with Gasteiger partial charge in [0.05, 0.1) is 12.1 Å². The molecular weight excluding hydrogens is 348 g/mol. The second-order valence-corrected chi connectivity index (χ2v) is 8.42. The summed E-state index contributed by atoms with van der Waals surface area (Å²) in [5, 5.41) is 14.2. The summed E-state index contributed by atoms with van der Waals surface area (Å²) in [6.45, 7) is 10.5.